The van der Waals surface area contributed by atoms with E-state index in [0.717, 1.165) is 12.1 Å². The Morgan fingerprint density at radius 2 is 1.68 bits per heavy atom. The summed E-state index contributed by atoms with van der Waals surface area (Å²) in [5.74, 6) is -3.63. The summed E-state index contributed by atoms with van der Waals surface area (Å²) in [7, 11) is 0. The van der Waals surface area contributed by atoms with Crippen LogP contribution in [0, 0.1) is 30.2 Å². The monoisotopic (exact) mass is 270 g/mol. The summed E-state index contributed by atoms with van der Waals surface area (Å²) in [5.41, 5.74) is 4.43. The molecule has 6 heteroatoms. The van der Waals surface area contributed by atoms with Gasteiger partial charge in [-0.25, -0.2) is 17.6 Å². The van der Waals surface area contributed by atoms with Crippen LogP contribution in [0.25, 0.3) is 0 Å². The average molecular weight is 270 g/mol. The Hall–Kier alpha value is -2.24. The highest BCUT2D eigenvalue weighted by molar-refractivity contribution is 5.73. The lowest BCUT2D eigenvalue weighted by Gasteiger charge is -2.12. The van der Waals surface area contributed by atoms with Gasteiger partial charge in [-0.2, -0.15) is 0 Å². The van der Waals surface area contributed by atoms with Gasteiger partial charge in [-0.05, 0) is 24.6 Å². The second kappa shape index (κ2) is 4.79. The van der Waals surface area contributed by atoms with Gasteiger partial charge >= 0.3 is 0 Å². The van der Waals surface area contributed by atoms with Gasteiger partial charge in [0.1, 0.15) is 17.3 Å². The molecule has 0 amide bonds. The molecule has 0 unspecified atom stereocenters. The molecule has 2 aromatic rings. The first-order chi connectivity index (χ1) is 8.90. The van der Waals surface area contributed by atoms with Gasteiger partial charge in [-0.3, -0.25) is 0 Å². The molecule has 2 aromatic carbocycles. The van der Waals surface area contributed by atoms with E-state index in [4.69, 9.17) is 5.73 Å². The van der Waals surface area contributed by atoms with Crippen molar-refractivity contribution in [2.75, 3.05) is 11.1 Å². The first-order valence-electron chi connectivity index (χ1n) is 5.36. The van der Waals surface area contributed by atoms with Crippen LogP contribution in [0.15, 0.2) is 24.3 Å². The maximum Gasteiger partial charge on any atom is 0.152 e. The maximum absolute atomic E-state index is 13.8. The first kappa shape index (κ1) is 13.2. The summed E-state index contributed by atoms with van der Waals surface area (Å²) >= 11 is 0. The molecule has 0 radical (unpaired) electrons. The molecule has 100 valence electrons. The number of nitrogens with two attached hydrogens (primary N) is 1. The van der Waals surface area contributed by atoms with Gasteiger partial charge in [0.25, 0.3) is 0 Å². The standard InChI is InChI=1S/C13H10F4N2/c1-6-2-3-8(15)13(11(6)17)19-10-5-7(14)4-9(16)12(10)18/h2-5,19H,18H2,1H3. The molecule has 0 aliphatic heterocycles. The fourth-order valence-electron chi connectivity index (χ4n) is 1.59. The third-order valence-corrected chi connectivity index (χ3v) is 2.64. The molecule has 0 atom stereocenters. The number of hydrogen-bond acceptors (Lipinski definition) is 2. The van der Waals surface area contributed by atoms with Crippen LogP contribution in [0.2, 0.25) is 0 Å². The van der Waals surface area contributed by atoms with Crippen molar-refractivity contribution >= 4 is 17.1 Å². The van der Waals surface area contributed by atoms with Gasteiger partial charge < -0.3 is 11.1 Å². The van der Waals surface area contributed by atoms with Gasteiger partial charge in [0.05, 0.1) is 11.4 Å². The minimum absolute atomic E-state index is 0.194. The fraction of sp³-hybridized carbons (Fsp3) is 0.0769. The number of nitrogens with one attached hydrogen (secondary N) is 1. The molecule has 0 aliphatic carbocycles. The Kier molecular flexibility index (Phi) is 3.33. The molecular weight excluding hydrogens is 260 g/mol. The molecule has 0 fully saturated rings. The van der Waals surface area contributed by atoms with E-state index in [2.05, 4.69) is 5.32 Å². The number of halogens is 4. The van der Waals surface area contributed by atoms with E-state index in [-0.39, 0.29) is 11.3 Å². The zero-order chi connectivity index (χ0) is 14.2. The molecule has 19 heavy (non-hydrogen) atoms. The van der Waals surface area contributed by atoms with Gasteiger partial charge in [-0.1, -0.05) is 6.07 Å². The largest absolute Gasteiger partial charge is 0.395 e. The van der Waals surface area contributed by atoms with Crippen LogP contribution in [0.3, 0.4) is 0 Å². The van der Waals surface area contributed by atoms with Gasteiger partial charge in [0.2, 0.25) is 0 Å². The smallest absolute Gasteiger partial charge is 0.152 e. The van der Waals surface area contributed by atoms with Crippen LogP contribution >= 0.6 is 0 Å². The van der Waals surface area contributed by atoms with Crippen molar-refractivity contribution in [2.24, 2.45) is 0 Å². The maximum atomic E-state index is 13.8. The normalized spacial score (nSPS) is 10.6. The van der Waals surface area contributed by atoms with E-state index < -0.39 is 34.6 Å². The van der Waals surface area contributed by atoms with Crippen molar-refractivity contribution in [1.82, 2.24) is 0 Å². The number of hydrogen-bond donors (Lipinski definition) is 2. The molecule has 0 heterocycles. The van der Waals surface area contributed by atoms with Gasteiger partial charge in [0.15, 0.2) is 11.6 Å². The topological polar surface area (TPSA) is 38.0 Å². The van der Waals surface area contributed by atoms with Crippen molar-refractivity contribution in [1.29, 1.82) is 0 Å². The van der Waals surface area contributed by atoms with Crippen molar-refractivity contribution < 1.29 is 17.6 Å². The number of aryl methyl sites for hydroxylation is 1. The molecule has 3 N–H and O–H groups in total. The second-order valence-electron chi connectivity index (χ2n) is 4.03. The molecule has 0 aromatic heterocycles. The Bertz CT molecular complexity index is 641. The Balaban J connectivity index is 2.51. The summed E-state index contributed by atoms with van der Waals surface area (Å²) < 4.78 is 53.6. The Labute approximate surface area is 106 Å². The number of rotatable bonds is 2. The average Bonchev–Trinajstić information content (AvgIpc) is 2.35. The molecule has 2 rings (SSSR count). The third kappa shape index (κ3) is 2.47. The number of benzene rings is 2. The van der Waals surface area contributed by atoms with E-state index >= 15 is 0 Å². The van der Waals surface area contributed by atoms with Crippen LogP contribution in [-0.2, 0) is 0 Å². The molecule has 0 saturated carbocycles. The highest BCUT2D eigenvalue weighted by Gasteiger charge is 2.15. The van der Waals surface area contributed by atoms with E-state index in [1.807, 2.05) is 0 Å². The summed E-state index contributed by atoms with van der Waals surface area (Å²) in [6, 6.07) is 3.75. The van der Waals surface area contributed by atoms with Crippen molar-refractivity contribution in [2.45, 2.75) is 6.92 Å². The molecule has 0 spiro atoms. The first-order valence-corrected chi connectivity index (χ1v) is 5.36. The summed E-state index contributed by atoms with van der Waals surface area (Å²) in [4.78, 5) is 0. The van der Waals surface area contributed by atoms with Crippen LogP contribution in [0.4, 0.5) is 34.6 Å². The van der Waals surface area contributed by atoms with Crippen molar-refractivity contribution in [3.63, 3.8) is 0 Å². The van der Waals surface area contributed by atoms with E-state index in [1.165, 1.54) is 13.0 Å². The zero-order valence-corrected chi connectivity index (χ0v) is 9.90. The second-order valence-corrected chi connectivity index (χ2v) is 4.03. The van der Waals surface area contributed by atoms with E-state index in [0.29, 0.717) is 6.07 Å². The van der Waals surface area contributed by atoms with Crippen LogP contribution in [-0.4, -0.2) is 0 Å². The minimum atomic E-state index is -1.00. The van der Waals surface area contributed by atoms with Crippen molar-refractivity contribution in [3.8, 4) is 0 Å². The van der Waals surface area contributed by atoms with Crippen LogP contribution in [0.1, 0.15) is 5.56 Å². The Morgan fingerprint density at radius 1 is 1.00 bits per heavy atom. The highest BCUT2D eigenvalue weighted by Crippen LogP contribution is 2.30. The van der Waals surface area contributed by atoms with E-state index in [9.17, 15) is 17.6 Å². The SMILES string of the molecule is Cc1ccc(F)c(Nc2cc(F)cc(F)c2N)c1F. The third-order valence-electron chi connectivity index (χ3n) is 2.64. The molecule has 0 saturated heterocycles. The lowest BCUT2D eigenvalue weighted by atomic mass is 10.1. The van der Waals surface area contributed by atoms with Gasteiger partial charge in [0, 0.05) is 6.07 Å². The quantitative estimate of drug-likeness (QED) is 0.642. The zero-order valence-electron chi connectivity index (χ0n) is 9.90. The summed E-state index contributed by atoms with van der Waals surface area (Å²) in [6.07, 6.45) is 0. The van der Waals surface area contributed by atoms with E-state index in [1.54, 1.807) is 0 Å². The minimum Gasteiger partial charge on any atom is -0.395 e. The predicted octanol–water partition coefficient (Wildman–Crippen LogP) is 3.88. The lowest BCUT2D eigenvalue weighted by molar-refractivity contribution is 0.581. The lowest BCUT2D eigenvalue weighted by Crippen LogP contribution is -2.04. The molecule has 0 bridgehead atoms. The number of anilines is 3. The molecule has 0 aliphatic rings. The summed E-state index contributed by atoms with van der Waals surface area (Å²) in [6.45, 7) is 1.44. The van der Waals surface area contributed by atoms with Crippen LogP contribution in [0.5, 0.6) is 0 Å². The number of nitrogen functional groups attached to an aromatic ring is 1. The molecular formula is C13H10F4N2. The van der Waals surface area contributed by atoms with Crippen molar-refractivity contribution in [3.05, 3.63) is 53.1 Å². The molecule has 2 nitrogen and oxygen atoms in total. The predicted molar refractivity (Wildman–Crippen MR) is 65.1 cm³/mol. The van der Waals surface area contributed by atoms with Gasteiger partial charge in [-0.15, -0.1) is 0 Å². The van der Waals surface area contributed by atoms with Crippen LogP contribution < -0.4 is 11.1 Å². The Morgan fingerprint density at radius 3 is 2.37 bits per heavy atom. The highest BCUT2D eigenvalue weighted by atomic mass is 19.1. The fourth-order valence-corrected chi connectivity index (χ4v) is 1.59. The summed E-state index contributed by atoms with van der Waals surface area (Å²) in [5, 5.41) is 2.28.